The van der Waals surface area contributed by atoms with Gasteiger partial charge in [-0.25, -0.2) is 9.69 Å². The van der Waals surface area contributed by atoms with Crippen LogP contribution in [0.25, 0.3) is 0 Å². The molecule has 0 radical (unpaired) electrons. The number of nitrogens with one attached hydrogen (secondary N) is 1. The second-order valence-corrected chi connectivity index (χ2v) is 7.11. The van der Waals surface area contributed by atoms with Crippen molar-refractivity contribution in [2.24, 2.45) is 0 Å². The molecule has 1 saturated carbocycles. The van der Waals surface area contributed by atoms with Gasteiger partial charge in [0.15, 0.2) is 0 Å². The third-order valence-corrected chi connectivity index (χ3v) is 4.94. The van der Waals surface area contributed by atoms with Crippen molar-refractivity contribution in [3.63, 3.8) is 0 Å². The molecule has 1 N–H and O–H groups in total. The van der Waals surface area contributed by atoms with E-state index in [0.29, 0.717) is 24.4 Å². The summed E-state index contributed by atoms with van der Waals surface area (Å²) in [6, 6.07) is 6.47. The molecule has 7 nitrogen and oxygen atoms in total. The molecular weight excluding hydrogens is 334 g/mol. The second-order valence-electron chi connectivity index (χ2n) is 7.11. The smallest absolute Gasteiger partial charge is 0.325 e. The average Bonchev–Trinajstić information content (AvgIpc) is 3.19. The van der Waals surface area contributed by atoms with Crippen molar-refractivity contribution < 1.29 is 19.2 Å². The minimum atomic E-state index is -0.924. The van der Waals surface area contributed by atoms with E-state index in [9.17, 15) is 19.2 Å². The Balaban J connectivity index is 1.64. The van der Waals surface area contributed by atoms with Crippen LogP contribution in [0.15, 0.2) is 24.3 Å². The molecule has 138 valence electrons. The van der Waals surface area contributed by atoms with Crippen molar-refractivity contribution in [1.29, 1.82) is 0 Å². The highest BCUT2D eigenvalue weighted by Crippen LogP contribution is 2.27. The molecule has 2 aliphatic rings. The topological polar surface area (TPSA) is 86.8 Å². The number of carbonyl (C=O) groups excluding carboxylic acids is 4. The zero-order valence-electron chi connectivity index (χ0n) is 15.0. The van der Waals surface area contributed by atoms with Gasteiger partial charge in [0, 0.05) is 11.7 Å². The van der Waals surface area contributed by atoms with Gasteiger partial charge in [-0.15, -0.1) is 0 Å². The van der Waals surface area contributed by atoms with Gasteiger partial charge in [-0.2, -0.15) is 0 Å². The normalized spacial score (nSPS) is 18.3. The lowest BCUT2D eigenvalue weighted by atomic mass is 10.0. The highest BCUT2D eigenvalue weighted by molar-refractivity contribution is 6.45. The number of imide groups is 2. The van der Waals surface area contributed by atoms with E-state index in [1.54, 1.807) is 12.1 Å². The molecule has 0 unspecified atom stereocenters. The summed E-state index contributed by atoms with van der Waals surface area (Å²) in [5, 5.41) is 2.66. The lowest BCUT2D eigenvalue weighted by molar-refractivity contribution is -0.144. The fourth-order valence-electron chi connectivity index (χ4n) is 3.44. The SMILES string of the molecule is CC(C)c1ccc(NC(=O)CN2C(=O)C(=O)N(C3CCCC3)C2=O)cc1. The maximum atomic E-state index is 12.5. The second kappa shape index (κ2) is 7.27. The van der Waals surface area contributed by atoms with Gasteiger partial charge >= 0.3 is 17.8 Å². The van der Waals surface area contributed by atoms with Crippen molar-refractivity contribution in [3.05, 3.63) is 29.8 Å². The summed E-state index contributed by atoms with van der Waals surface area (Å²) in [7, 11) is 0. The first-order valence-corrected chi connectivity index (χ1v) is 8.97. The number of hydrogen-bond donors (Lipinski definition) is 1. The van der Waals surface area contributed by atoms with Gasteiger partial charge in [0.05, 0.1) is 0 Å². The van der Waals surface area contributed by atoms with Crippen LogP contribution in [0.5, 0.6) is 0 Å². The number of nitrogens with zero attached hydrogens (tertiary/aromatic N) is 2. The minimum Gasteiger partial charge on any atom is -0.325 e. The first kappa shape index (κ1) is 18.1. The summed E-state index contributed by atoms with van der Waals surface area (Å²) < 4.78 is 0. The molecule has 0 atom stereocenters. The summed E-state index contributed by atoms with van der Waals surface area (Å²) in [6.07, 6.45) is 3.30. The van der Waals surface area contributed by atoms with Gasteiger partial charge in [-0.3, -0.25) is 19.3 Å². The molecular formula is C19H23N3O4. The van der Waals surface area contributed by atoms with Gasteiger partial charge in [0.1, 0.15) is 6.54 Å². The maximum absolute atomic E-state index is 12.5. The van der Waals surface area contributed by atoms with E-state index in [-0.39, 0.29) is 6.04 Å². The van der Waals surface area contributed by atoms with Crippen LogP contribution >= 0.6 is 0 Å². The zero-order valence-corrected chi connectivity index (χ0v) is 15.0. The molecule has 1 aromatic carbocycles. The summed E-state index contributed by atoms with van der Waals surface area (Å²) in [5.74, 6) is -1.87. The van der Waals surface area contributed by atoms with Crippen LogP contribution in [0, 0.1) is 0 Å². The van der Waals surface area contributed by atoms with E-state index in [0.717, 1.165) is 28.2 Å². The quantitative estimate of drug-likeness (QED) is 0.648. The Bertz CT molecular complexity index is 736. The predicted octanol–water partition coefficient (Wildman–Crippen LogP) is 2.48. The van der Waals surface area contributed by atoms with Gasteiger partial charge < -0.3 is 5.32 Å². The molecule has 2 fully saturated rings. The van der Waals surface area contributed by atoms with Crippen molar-refractivity contribution in [2.45, 2.75) is 51.5 Å². The standard InChI is InChI=1S/C19H23N3O4/c1-12(2)13-7-9-14(10-8-13)20-16(23)11-21-17(24)18(25)22(19(21)26)15-5-3-4-6-15/h7-10,12,15H,3-6,11H2,1-2H3,(H,20,23). The lowest BCUT2D eigenvalue weighted by Crippen LogP contribution is -2.41. The molecule has 7 heteroatoms. The zero-order chi connectivity index (χ0) is 18.8. The Morgan fingerprint density at radius 1 is 1.08 bits per heavy atom. The van der Waals surface area contributed by atoms with E-state index in [4.69, 9.17) is 0 Å². The molecule has 0 aromatic heterocycles. The van der Waals surface area contributed by atoms with Crippen molar-refractivity contribution in [3.8, 4) is 0 Å². The van der Waals surface area contributed by atoms with E-state index in [1.807, 2.05) is 12.1 Å². The molecule has 1 aromatic rings. The Hall–Kier alpha value is -2.70. The average molecular weight is 357 g/mol. The van der Waals surface area contributed by atoms with E-state index >= 15 is 0 Å². The first-order chi connectivity index (χ1) is 12.4. The number of rotatable bonds is 5. The number of amides is 5. The third kappa shape index (κ3) is 3.47. The molecule has 1 heterocycles. The van der Waals surface area contributed by atoms with E-state index in [1.165, 1.54) is 0 Å². The molecule has 0 bridgehead atoms. The fourth-order valence-corrected chi connectivity index (χ4v) is 3.44. The highest BCUT2D eigenvalue weighted by Gasteiger charge is 2.48. The van der Waals surface area contributed by atoms with Gasteiger partial charge in [0.25, 0.3) is 0 Å². The number of hydrogen-bond acceptors (Lipinski definition) is 4. The summed E-state index contributed by atoms with van der Waals surface area (Å²) in [4.78, 5) is 50.7. The number of anilines is 1. The highest BCUT2D eigenvalue weighted by atomic mass is 16.2. The van der Waals surface area contributed by atoms with Gasteiger partial charge in [0.2, 0.25) is 5.91 Å². The van der Waals surface area contributed by atoms with Crippen LogP contribution in [-0.2, 0) is 14.4 Å². The number of benzene rings is 1. The summed E-state index contributed by atoms with van der Waals surface area (Å²) in [6.45, 7) is 3.69. The Labute approximate surface area is 152 Å². The van der Waals surface area contributed by atoms with Crippen LogP contribution in [0.1, 0.15) is 51.0 Å². The maximum Gasteiger partial charge on any atom is 0.334 e. The number of carbonyl (C=O) groups is 4. The van der Waals surface area contributed by atoms with Crippen LogP contribution in [0.3, 0.4) is 0 Å². The number of urea groups is 1. The molecule has 26 heavy (non-hydrogen) atoms. The third-order valence-electron chi connectivity index (χ3n) is 4.94. The Kier molecular flexibility index (Phi) is 5.06. The summed E-state index contributed by atoms with van der Waals surface area (Å²) in [5.41, 5.74) is 1.73. The monoisotopic (exact) mass is 357 g/mol. The lowest BCUT2D eigenvalue weighted by Gasteiger charge is -2.20. The predicted molar refractivity (Wildman–Crippen MR) is 95.4 cm³/mol. The Morgan fingerprint density at radius 2 is 1.69 bits per heavy atom. The van der Waals surface area contributed by atoms with Gasteiger partial charge in [-0.1, -0.05) is 38.8 Å². The molecule has 3 rings (SSSR count). The van der Waals surface area contributed by atoms with Crippen LogP contribution in [-0.4, -0.2) is 46.1 Å². The molecule has 5 amide bonds. The van der Waals surface area contributed by atoms with Crippen molar-refractivity contribution >= 4 is 29.4 Å². The van der Waals surface area contributed by atoms with Gasteiger partial charge in [-0.05, 0) is 36.5 Å². The molecule has 1 aliphatic heterocycles. The van der Waals surface area contributed by atoms with Crippen LogP contribution in [0.4, 0.5) is 10.5 Å². The van der Waals surface area contributed by atoms with Crippen molar-refractivity contribution in [2.75, 3.05) is 11.9 Å². The molecule has 1 saturated heterocycles. The molecule has 0 spiro atoms. The first-order valence-electron chi connectivity index (χ1n) is 8.97. The Morgan fingerprint density at radius 3 is 2.27 bits per heavy atom. The van der Waals surface area contributed by atoms with E-state index < -0.39 is 30.3 Å². The van der Waals surface area contributed by atoms with Crippen molar-refractivity contribution in [1.82, 2.24) is 9.80 Å². The largest absolute Gasteiger partial charge is 0.334 e. The van der Waals surface area contributed by atoms with E-state index in [2.05, 4.69) is 19.2 Å². The van der Waals surface area contributed by atoms with Crippen LogP contribution in [0.2, 0.25) is 0 Å². The van der Waals surface area contributed by atoms with Crippen LogP contribution < -0.4 is 5.32 Å². The fraction of sp³-hybridized carbons (Fsp3) is 0.474. The minimum absolute atomic E-state index is 0.226. The summed E-state index contributed by atoms with van der Waals surface area (Å²) >= 11 is 0. The molecule has 1 aliphatic carbocycles.